The summed E-state index contributed by atoms with van der Waals surface area (Å²) in [6, 6.07) is 5.76. The van der Waals surface area contributed by atoms with Gasteiger partial charge in [-0.3, -0.25) is 0 Å². The SMILES string of the molecule is NCC1CCCCCC1c1cccc(C(F)(F)F)c1. The van der Waals surface area contributed by atoms with Crippen molar-refractivity contribution in [2.24, 2.45) is 11.7 Å². The fraction of sp³-hybridized carbons (Fsp3) is 0.600. The smallest absolute Gasteiger partial charge is 0.330 e. The normalized spacial score (nSPS) is 25.1. The van der Waals surface area contributed by atoms with Crippen LogP contribution in [0.15, 0.2) is 24.3 Å². The van der Waals surface area contributed by atoms with Gasteiger partial charge in [-0.25, -0.2) is 0 Å². The summed E-state index contributed by atoms with van der Waals surface area (Å²) >= 11 is 0. The summed E-state index contributed by atoms with van der Waals surface area (Å²) in [5, 5.41) is 0. The second-order valence-electron chi connectivity index (χ2n) is 5.36. The zero-order chi connectivity index (χ0) is 13.9. The van der Waals surface area contributed by atoms with Gasteiger partial charge in [0.1, 0.15) is 0 Å². The fourth-order valence-corrected chi connectivity index (χ4v) is 3.05. The third-order valence-electron chi connectivity index (χ3n) is 4.10. The molecule has 1 nitrogen and oxygen atoms in total. The Morgan fingerprint density at radius 1 is 1.11 bits per heavy atom. The van der Waals surface area contributed by atoms with Crippen molar-refractivity contribution in [3.8, 4) is 0 Å². The molecule has 0 bridgehead atoms. The van der Waals surface area contributed by atoms with Crippen LogP contribution < -0.4 is 5.73 Å². The van der Waals surface area contributed by atoms with Crippen molar-refractivity contribution in [1.82, 2.24) is 0 Å². The van der Waals surface area contributed by atoms with Crippen LogP contribution in [0.5, 0.6) is 0 Å². The number of benzene rings is 1. The lowest BCUT2D eigenvalue weighted by atomic mass is 9.82. The van der Waals surface area contributed by atoms with Gasteiger partial charge in [-0.05, 0) is 42.9 Å². The van der Waals surface area contributed by atoms with E-state index < -0.39 is 11.7 Å². The van der Waals surface area contributed by atoms with Crippen LogP contribution in [-0.2, 0) is 6.18 Å². The van der Waals surface area contributed by atoms with Crippen molar-refractivity contribution in [3.63, 3.8) is 0 Å². The molecule has 1 fully saturated rings. The molecule has 1 aliphatic carbocycles. The summed E-state index contributed by atoms with van der Waals surface area (Å²) in [5.41, 5.74) is 6.05. The Labute approximate surface area is 112 Å². The van der Waals surface area contributed by atoms with Crippen LogP contribution in [0.4, 0.5) is 13.2 Å². The molecule has 0 heterocycles. The third-order valence-corrected chi connectivity index (χ3v) is 4.10. The van der Waals surface area contributed by atoms with Crippen molar-refractivity contribution in [3.05, 3.63) is 35.4 Å². The standard InChI is InChI=1S/C15H20F3N/c16-15(17,18)13-7-4-6-11(9-13)14-8-3-1-2-5-12(14)10-19/h4,6-7,9,12,14H,1-3,5,8,10,19H2. The minimum absolute atomic E-state index is 0.176. The lowest BCUT2D eigenvalue weighted by Gasteiger charge is -2.25. The molecule has 106 valence electrons. The second kappa shape index (κ2) is 5.95. The molecule has 2 atom stereocenters. The van der Waals surface area contributed by atoms with Crippen LogP contribution in [0.25, 0.3) is 0 Å². The molecule has 1 aromatic rings. The first-order valence-corrected chi connectivity index (χ1v) is 6.89. The Morgan fingerprint density at radius 2 is 1.84 bits per heavy atom. The number of hydrogen-bond donors (Lipinski definition) is 1. The highest BCUT2D eigenvalue weighted by atomic mass is 19.4. The molecule has 1 aliphatic rings. The molecule has 19 heavy (non-hydrogen) atoms. The highest BCUT2D eigenvalue weighted by molar-refractivity contribution is 5.29. The molecule has 2 N–H and O–H groups in total. The van der Waals surface area contributed by atoms with E-state index in [0.29, 0.717) is 12.5 Å². The molecular formula is C15H20F3N. The van der Waals surface area contributed by atoms with E-state index in [1.165, 1.54) is 12.1 Å². The molecule has 0 aromatic heterocycles. The van der Waals surface area contributed by atoms with E-state index in [1.54, 1.807) is 0 Å². The van der Waals surface area contributed by atoms with E-state index in [2.05, 4.69) is 0 Å². The fourth-order valence-electron chi connectivity index (χ4n) is 3.05. The lowest BCUT2D eigenvalue weighted by molar-refractivity contribution is -0.137. The van der Waals surface area contributed by atoms with Crippen molar-refractivity contribution in [2.45, 2.75) is 44.2 Å². The van der Waals surface area contributed by atoms with E-state index in [4.69, 9.17) is 5.73 Å². The summed E-state index contributed by atoms with van der Waals surface area (Å²) in [6.45, 7) is 0.556. The van der Waals surface area contributed by atoms with E-state index >= 15 is 0 Å². The van der Waals surface area contributed by atoms with Gasteiger partial charge in [0.25, 0.3) is 0 Å². The predicted octanol–water partition coefficient (Wildman–Crippen LogP) is 4.33. The Kier molecular flexibility index (Phi) is 4.50. The van der Waals surface area contributed by atoms with Crippen LogP contribution in [0.2, 0.25) is 0 Å². The molecule has 1 saturated carbocycles. The molecule has 1 aromatic carbocycles. The molecule has 0 spiro atoms. The summed E-state index contributed by atoms with van der Waals surface area (Å²) in [7, 11) is 0. The lowest BCUT2D eigenvalue weighted by Crippen LogP contribution is -2.21. The van der Waals surface area contributed by atoms with Crippen molar-refractivity contribution < 1.29 is 13.2 Å². The number of rotatable bonds is 2. The maximum absolute atomic E-state index is 12.8. The van der Waals surface area contributed by atoms with E-state index in [9.17, 15) is 13.2 Å². The van der Waals surface area contributed by atoms with Crippen LogP contribution in [-0.4, -0.2) is 6.54 Å². The minimum atomic E-state index is -4.26. The van der Waals surface area contributed by atoms with Gasteiger partial charge in [0, 0.05) is 0 Å². The van der Waals surface area contributed by atoms with Gasteiger partial charge < -0.3 is 5.73 Å². The highest BCUT2D eigenvalue weighted by Crippen LogP contribution is 2.38. The summed E-state index contributed by atoms with van der Waals surface area (Å²) in [5.74, 6) is 0.487. The average Bonchev–Trinajstić information content (AvgIpc) is 2.62. The molecule has 0 saturated heterocycles. The molecule has 2 unspecified atom stereocenters. The first-order chi connectivity index (χ1) is 9.02. The van der Waals surface area contributed by atoms with Crippen LogP contribution in [0.3, 0.4) is 0 Å². The maximum Gasteiger partial charge on any atom is 0.416 e. The largest absolute Gasteiger partial charge is 0.416 e. The van der Waals surface area contributed by atoms with Gasteiger partial charge in [-0.1, -0.05) is 37.5 Å². The Balaban J connectivity index is 2.28. The van der Waals surface area contributed by atoms with Crippen molar-refractivity contribution >= 4 is 0 Å². The number of alkyl halides is 3. The average molecular weight is 271 g/mol. The molecule has 4 heteroatoms. The summed E-state index contributed by atoms with van der Waals surface area (Å²) < 4.78 is 38.3. The molecule has 2 rings (SSSR count). The summed E-state index contributed by atoms with van der Waals surface area (Å²) in [4.78, 5) is 0. The zero-order valence-electron chi connectivity index (χ0n) is 10.9. The molecule has 0 amide bonds. The molecule has 0 radical (unpaired) electrons. The monoisotopic (exact) mass is 271 g/mol. The number of hydrogen-bond acceptors (Lipinski definition) is 1. The van der Waals surface area contributed by atoms with Gasteiger partial charge in [-0.15, -0.1) is 0 Å². The first-order valence-electron chi connectivity index (χ1n) is 6.89. The molecule has 0 aliphatic heterocycles. The number of halogens is 3. The van der Waals surface area contributed by atoms with Crippen LogP contribution in [0, 0.1) is 5.92 Å². The summed E-state index contributed by atoms with van der Waals surface area (Å²) in [6.07, 6.45) is 1.08. The maximum atomic E-state index is 12.8. The van der Waals surface area contributed by atoms with Gasteiger partial charge in [0.2, 0.25) is 0 Å². The topological polar surface area (TPSA) is 26.0 Å². The Hall–Kier alpha value is -1.03. The van der Waals surface area contributed by atoms with Crippen molar-refractivity contribution in [1.29, 1.82) is 0 Å². The number of nitrogens with two attached hydrogens (primary N) is 1. The van der Waals surface area contributed by atoms with Gasteiger partial charge in [0.15, 0.2) is 0 Å². The Bertz CT molecular complexity index is 414. The predicted molar refractivity (Wildman–Crippen MR) is 69.8 cm³/mol. The Morgan fingerprint density at radius 3 is 2.53 bits per heavy atom. The third kappa shape index (κ3) is 3.50. The van der Waals surface area contributed by atoms with Crippen LogP contribution in [0.1, 0.15) is 49.1 Å². The zero-order valence-corrected chi connectivity index (χ0v) is 10.9. The quantitative estimate of drug-likeness (QED) is 0.796. The second-order valence-corrected chi connectivity index (χ2v) is 5.36. The van der Waals surface area contributed by atoms with Gasteiger partial charge in [-0.2, -0.15) is 13.2 Å². The van der Waals surface area contributed by atoms with Gasteiger partial charge in [0.05, 0.1) is 5.56 Å². The van der Waals surface area contributed by atoms with E-state index in [0.717, 1.165) is 43.7 Å². The van der Waals surface area contributed by atoms with Crippen LogP contribution >= 0.6 is 0 Å². The van der Waals surface area contributed by atoms with Crippen molar-refractivity contribution in [2.75, 3.05) is 6.54 Å². The highest BCUT2D eigenvalue weighted by Gasteiger charge is 2.32. The van der Waals surface area contributed by atoms with Gasteiger partial charge >= 0.3 is 6.18 Å². The first kappa shape index (κ1) is 14.4. The minimum Gasteiger partial charge on any atom is -0.330 e. The van der Waals surface area contributed by atoms with E-state index in [-0.39, 0.29) is 5.92 Å². The van der Waals surface area contributed by atoms with E-state index in [1.807, 2.05) is 6.07 Å². The molecular weight excluding hydrogens is 251 g/mol.